The minimum absolute atomic E-state index is 0.125. The second-order valence-corrected chi connectivity index (χ2v) is 9.19. The quantitative estimate of drug-likeness (QED) is 0.357. The third kappa shape index (κ3) is 3.26. The normalized spacial score (nSPS) is 11.8. The van der Waals surface area contributed by atoms with E-state index in [-0.39, 0.29) is 21.4 Å². The van der Waals surface area contributed by atoms with Gasteiger partial charge in [-0.2, -0.15) is 8.42 Å². The number of fused-ring (bicyclic) bond motifs is 2. The van der Waals surface area contributed by atoms with Crippen molar-refractivity contribution in [2.24, 2.45) is 0 Å². The van der Waals surface area contributed by atoms with E-state index in [1.165, 1.54) is 53.1 Å². The summed E-state index contributed by atoms with van der Waals surface area (Å²) in [5.74, 6) is -1.30. The predicted molar refractivity (Wildman–Crippen MR) is 110 cm³/mol. The number of likely N-dealkylation sites (N-methyl/N-ethyl adjacent to an activating group) is 1. The smallest absolute Gasteiger partial charge is 0.294 e. The Labute approximate surface area is 174 Å². The van der Waals surface area contributed by atoms with Crippen LogP contribution >= 0.6 is 22.9 Å². The summed E-state index contributed by atoms with van der Waals surface area (Å²) in [4.78, 5) is 32.8. The second-order valence-electron chi connectivity index (χ2n) is 6.36. The van der Waals surface area contributed by atoms with Crippen molar-refractivity contribution < 1.29 is 18.0 Å². The lowest BCUT2D eigenvalue weighted by Crippen LogP contribution is -2.29. The van der Waals surface area contributed by atoms with Gasteiger partial charge in [0.15, 0.2) is 15.1 Å². The van der Waals surface area contributed by atoms with Gasteiger partial charge in [0, 0.05) is 42.8 Å². The SMILES string of the molecule is CN(C)C(=O)C(=O)c1c[nH]c2cc(NS(=O)(=O)c3c(Cl)nc4sccn34)ccc12. The van der Waals surface area contributed by atoms with Gasteiger partial charge in [0.1, 0.15) is 0 Å². The molecule has 4 aromatic rings. The number of carbonyl (C=O) groups is 2. The van der Waals surface area contributed by atoms with Gasteiger partial charge in [0.25, 0.3) is 21.7 Å². The number of ketones is 1. The van der Waals surface area contributed by atoms with Crippen LogP contribution in [0, 0.1) is 0 Å². The Kier molecular flexibility index (Phi) is 4.60. The monoisotopic (exact) mass is 451 g/mol. The number of Topliss-reactive ketones (excluding diaryl/α,β-unsaturated/α-hetero) is 1. The van der Waals surface area contributed by atoms with Crippen LogP contribution in [0.4, 0.5) is 5.69 Å². The van der Waals surface area contributed by atoms with Gasteiger partial charge in [-0.15, -0.1) is 11.3 Å². The Morgan fingerprint density at radius 1 is 1.31 bits per heavy atom. The maximum absolute atomic E-state index is 12.8. The molecule has 29 heavy (non-hydrogen) atoms. The molecule has 0 unspecified atom stereocenters. The predicted octanol–water partition coefficient (Wildman–Crippen LogP) is 2.60. The molecule has 0 aliphatic heterocycles. The Morgan fingerprint density at radius 2 is 2.07 bits per heavy atom. The lowest BCUT2D eigenvalue weighted by molar-refractivity contribution is -0.124. The van der Waals surface area contributed by atoms with Gasteiger partial charge in [-0.1, -0.05) is 17.7 Å². The van der Waals surface area contributed by atoms with E-state index in [1.807, 2.05) is 0 Å². The molecular weight excluding hydrogens is 438 g/mol. The van der Waals surface area contributed by atoms with E-state index < -0.39 is 21.7 Å². The number of imidazole rings is 1. The fourth-order valence-electron chi connectivity index (χ4n) is 2.88. The molecule has 0 saturated heterocycles. The zero-order chi connectivity index (χ0) is 20.9. The average Bonchev–Trinajstić information content (AvgIpc) is 3.33. The first-order valence-electron chi connectivity index (χ1n) is 8.20. The third-order valence-electron chi connectivity index (χ3n) is 4.21. The summed E-state index contributed by atoms with van der Waals surface area (Å²) in [6.45, 7) is 0. The second kappa shape index (κ2) is 6.87. The Hall–Kier alpha value is -2.89. The number of carbonyl (C=O) groups excluding carboxylic acids is 2. The molecule has 0 aliphatic rings. The standard InChI is InChI=1S/C17H14ClN5O4S2/c1-22(2)15(25)13(24)11-8-19-12-7-9(3-4-10(11)12)21-29(26,27)16-14(18)20-17-23(16)5-6-28-17/h3-8,19,21H,1-2H3. The van der Waals surface area contributed by atoms with Gasteiger partial charge in [0.05, 0.1) is 11.3 Å². The van der Waals surface area contributed by atoms with Crippen LogP contribution in [0.3, 0.4) is 0 Å². The number of sulfonamides is 1. The van der Waals surface area contributed by atoms with Crippen LogP contribution < -0.4 is 4.72 Å². The van der Waals surface area contributed by atoms with Crippen LogP contribution in [0.2, 0.25) is 5.15 Å². The van der Waals surface area contributed by atoms with Crippen LogP contribution in [0.15, 0.2) is 41.0 Å². The van der Waals surface area contributed by atoms with Gasteiger partial charge in [0.2, 0.25) is 0 Å². The molecule has 4 rings (SSSR count). The van der Waals surface area contributed by atoms with E-state index in [1.54, 1.807) is 17.6 Å². The summed E-state index contributed by atoms with van der Waals surface area (Å²) in [5.41, 5.74) is 0.977. The van der Waals surface area contributed by atoms with Crippen LogP contribution in [0.5, 0.6) is 0 Å². The number of anilines is 1. The van der Waals surface area contributed by atoms with Gasteiger partial charge in [-0.3, -0.25) is 18.7 Å². The van der Waals surface area contributed by atoms with Crippen molar-refractivity contribution in [1.29, 1.82) is 0 Å². The van der Waals surface area contributed by atoms with Crippen molar-refractivity contribution >= 4 is 66.2 Å². The Balaban J connectivity index is 1.69. The highest BCUT2D eigenvalue weighted by Crippen LogP contribution is 2.29. The zero-order valence-corrected chi connectivity index (χ0v) is 17.5. The molecule has 12 heteroatoms. The first-order chi connectivity index (χ1) is 13.7. The average molecular weight is 452 g/mol. The fraction of sp³-hybridized carbons (Fsp3) is 0.118. The van der Waals surface area contributed by atoms with E-state index in [0.29, 0.717) is 15.9 Å². The molecule has 0 radical (unpaired) electrons. The maximum atomic E-state index is 12.8. The molecule has 0 fully saturated rings. The van der Waals surface area contributed by atoms with Gasteiger partial charge < -0.3 is 9.88 Å². The Morgan fingerprint density at radius 3 is 2.79 bits per heavy atom. The van der Waals surface area contributed by atoms with Crippen LogP contribution in [0.1, 0.15) is 10.4 Å². The molecular formula is C17H14ClN5O4S2. The maximum Gasteiger partial charge on any atom is 0.294 e. The van der Waals surface area contributed by atoms with E-state index in [4.69, 9.17) is 11.6 Å². The Bertz CT molecular complexity index is 1380. The van der Waals surface area contributed by atoms with E-state index in [2.05, 4.69) is 14.7 Å². The largest absolute Gasteiger partial charge is 0.360 e. The van der Waals surface area contributed by atoms with E-state index in [9.17, 15) is 18.0 Å². The van der Waals surface area contributed by atoms with E-state index in [0.717, 1.165) is 0 Å². The first kappa shape index (κ1) is 19.4. The highest BCUT2D eigenvalue weighted by Gasteiger charge is 2.26. The third-order valence-corrected chi connectivity index (χ3v) is 6.75. The number of nitrogens with zero attached hydrogens (tertiary/aromatic N) is 3. The zero-order valence-electron chi connectivity index (χ0n) is 15.1. The molecule has 0 atom stereocenters. The molecule has 2 N–H and O–H groups in total. The number of aromatic amines is 1. The van der Waals surface area contributed by atoms with Crippen molar-refractivity contribution in [2.45, 2.75) is 5.03 Å². The molecule has 9 nitrogen and oxygen atoms in total. The first-order valence-corrected chi connectivity index (χ1v) is 10.9. The van der Waals surface area contributed by atoms with Crippen molar-refractivity contribution in [2.75, 3.05) is 18.8 Å². The van der Waals surface area contributed by atoms with Gasteiger partial charge in [-0.25, -0.2) is 4.98 Å². The summed E-state index contributed by atoms with van der Waals surface area (Å²) >= 11 is 7.29. The number of aromatic nitrogens is 3. The number of amides is 1. The number of rotatable bonds is 5. The number of halogens is 1. The van der Waals surface area contributed by atoms with Crippen LogP contribution in [-0.4, -0.2) is 53.5 Å². The number of thiazole rings is 1. The highest BCUT2D eigenvalue weighted by atomic mass is 35.5. The minimum atomic E-state index is -4.02. The molecule has 3 heterocycles. The summed E-state index contributed by atoms with van der Waals surface area (Å²) in [5, 5.41) is 1.93. The highest BCUT2D eigenvalue weighted by molar-refractivity contribution is 7.92. The van der Waals surface area contributed by atoms with Crippen molar-refractivity contribution in [3.63, 3.8) is 0 Å². The number of nitrogens with one attached hydrogen (secondary N) is 2. The lowest BCUT2D eigenvalue weighted by Gasteiger charge is -2.09. The van der Waals surface area contributed by atoms with E-state index >= 15 is 0 Å². The summed E-state index contributed by atoms with van der Waals surface area (Å²) in [7, 11) is -1.03. The number of benzene rings is 1. The van der Waals surface area contributed by atoms with Crippen LogP contribution in [-0.2, 0) is 14.8 Å². The summed E-state index contributed by atoms with van der Waals surface area (Å²) < 4.78 is 29.5. The van der Waals surface area contributed by atoms with Crippen molar-refractivity contribution in [3.8, 4) is 0 Å². The molecule has 0 spiro atoms. The molecule has 0 bridgehead atoms. The lowest BCUT2D eigenvalue weighted by atomic mass is 10.1. The van der Waals surface area contributed by atoms with Crippen molar-refractivity contribution in [1.82, 2.24) is 19.3 Å². The number of hydrogen-bond acceptors (Lipinski definition) is 6. The van der Waals surface area contributed by atoms with Crippen LogP contribution in [0.25, 0.3) is 15.9 Å². The fourth-order valence-corrected chi connectivity index (χ4v) is 5.38. The molecule has 1 aromatic carbocycles. The molecule has 0 saturated carbocycles. The summed E-state index contributed by atoms with van der Waals surface area (Å²) in [6.07, 6.45) is 3.00. The van der Waals surface area contributed by atoms with Crippen molar-refractivity contribution in [3.05, 3.63) is 46.7 Å². The van der Waals surface area contributed by atoms with Gasteiger partial charge >= 0.3 is 0 Å². The molecule has 3 aromatic heterocycles. The molecule has 150 valence electrons. The minimum Gasteiger partial charge on any atom is -0.360 e. The number of hydrogen-bond donors (Lipinski definition) is 2. The number of H-pyrrole nitrogens is 1. The topological polar surface area (TPSA) is 117 Å². The van der Waals surface area contributed by atoms with Gasteiger partial charge in [-0.05, 0) is 12.1 Å². The molecule has 0 aliphatic carbocycles. The summed E-state index contributed by atoms with van der Waals surface area (Å²) in [6, 6.07) is 4.60. The molecule has 1 amide bonds.